The molecule has 1 aliphatic heterocycles. The number of benzene rings is 2. The number of hydrogen-bond donors (Lipinski definition) is 0. The Morgan fingerprint density at radius 1 is 0.917 bits per heavy atom. The van der Waals surface area contributed by atoms with Crippen molar-refractivity contribution >= 4 is 28.3 Å². The van der Waals surface area contributed by atoms with E-state index in [1.807, 2.05) is 17.0 Å². The summed E-state index contributed by atoms with van der Waals surface area (Å²) in [5.74, 6) is -1.06. The summed E-state index contributed by atoms with van der Waals surface area (Å²) in [5.41, 5.74) is 1.18. The number of nitrogens with zero attached hydrogens (tertiary/aromatic N) is 2. The Morgan fingerprint density at radius 3 is 2.33 bits per heavy atom. The molecule has 0 N–H and O–H groups in total. The van der Waals surface area contributed by atoms with Crippen molar-refractivity contribution in [3.63, 3.8) is 0 Å². The molecule has 1 amide bonds. The lowest BCUT2D eigenvalue weighted by Gasteiger charge is -2.36. The zero-order chi connectivity index (χ0) is 16.9. The van der Waals surface area contributed by atoms with Gasteiger partial charge < -0.3 is 19.7 Å². The Bertz CT molecular complexity index is 736. The third-order valence-electron chi connectivity index (χ3n) is 4.50. The first-order chi connectivity index (χ1) is 11.6. The molecule has 0 aromatic heterocycles. The SMILES string of the molecule is O=C([O-])CCCC(=O)N1CCN(c2ccc3ccccc3c2)CC1. The number of amides is 1. The van der Waals surface area contributed by atoms with E-state index in [9.17, 15) is 14.7 Å². The van der Waals surface area contributed by atoms with Crippen molar-refractivity contribution in [1.29, 1.82) is 0 Å². The highest BCUT2D eigenvalue weighted by Gasteiger charge is 2.21. The predicted octanol–water partition coefficient (Wildman–Crippen LogP) is 1.41. The van der Waals surface area contributed by atoms with Gasteiger partial charge in [0.25, 0.3) is 0 Å². The third-order valence-corrected chi connectivity index (χ3v) is 4.50. The van der Waals surface area contributed by atoms with Gasteiger partial charge in [0, 0.05) is 44.3 Å². The number of carboxylic acid groups (broad SMARTS) is 1. The molecule has 5 heteroatoms. The highest BCUT2D eigenvalue weighted by atomic mass is 16.4. The number of carboxylic acids is 1. The molecule has 1 fully saturated rings. The molecule has 126 valence electrons. The molecule has 0 bridgehead atoms. The van der Waals surface area contributed by atoms with Crippen LogP contribution < -0.4 is 10.0 Å². The van der Waals surface area contributed by atoms with Crippen LogP contribution in [0.2, 0.25) is 0 Å². The highest BCUT2D eigenvalue weighted by Crippen LogP contribution is 2.23. The minimum absolute atomic E-state index is 0.0365. The fraction of sp³-hybridized carbons (Fsp3) is 0.368. The van der Waals surface area contributed by atoms with Crippen LogP contribution in [0.4, 0.5) is 5.69 Å². The first-order valence-corrected chi connectivity index (χ1v) is 8.35. The number of carbonyl (C=O) groups is 2. The fourth-order valence-electron chi connectivity index (χ4n) is 3.13. The van der Waals surface area contributed by atoms with Gasteiger partial charge in [0.1, 0.15) is 0 Å². The molecule has 1 aliphatic rings. The number of anilines is 1. The summed E-state index contributed by atoms with van der Waals surface area (Å²) in [6.07, 6.45) is 0.582. The topological polar surface area (TPSA) is 63.7 Å². The molecule has 0 radical (unpaired) electrons. The molecule has 1 heterocycles. The van der Waals surface area contributed by atoms with Crippen molar-refractivity contribution in [1.82, 2.24) is 4.90 Å². The summed E-state index contributed by atoms with van der Waals surface area (Å²) in [7, 11) is 0. The van der Waals surface area contributed by atoms with Crippen LogP contribution in [0.15, 0.2) is 42.5 Å². The van der Waals surface area contributed by atoms with E-state index in [0.29, 0.717) is 19.5 Å². The van der Waals surface area contributed by atoms with E-state index >= 15 is 0 Å². The van der Waals surface area contributed by atoms with Crippen molar-refractivity contribution < 1.29 is 14.7 Å². The van der Waals surface area contributed by atoms with Gasteiger partial charge in [0.05, 0.1) is 0 Å². The van der Waals surface area contributed by atoms with Gasteiger partial charge in [-0.15, -0.1) is 0 Å². The molecular weight excluding hydrogens is 304 g/mol. The quantitative estimate of drug-likeness (QED) is 0.834. The maximum Gasteiger partial charge on any atom is 0.222 e. The summed E-state index contributed by atoms with van der Waals surface area (Å²) in [5, 5.41) is 12.9. The minimum Gasteiger partial charge on any atom is -0.550 e. The van der Waals surface area contributed by atoms with Crippen molar-refractivity contribution in [3.8, 4) is 0 Å². The van der Waals surface area contributed by atoms with Gasteiger partial charge in [0.2, 0.25) is 5.91 Å². The van der Waals surface area contributed by atoms with Gasteiger partial charge in [-0.05, 0) is 35.7 Å². The second-order valence-corrected chi connectivity index (χ2v) is 6.12. The molecule has 2 aromatic rings. The number of piperazine rings is 1. The third kappa shape index (κ3) is 3.85. The van der Waals surface area contributed by atoms with Crippen molar-refractivity contribution in [2.24, 2.45) is 0 Å². The first-order valence-electron chi connectivity index (χ1n) is 8.35. The lowest BCUT2D eigenvalue weighted by Crippen LogP contribution is -2.48. The summed E-state index contributed by atoms with van der Waals surface area (Å²) in [6.45, 7) is 2.95. The standard InChI is InChI=1S/C19H22N2O3/c22-18(6-3-7-19(23)24)21-12-10-20(11-13-21)17-9-8-15-4-1-2-5-16(15)14-17/h1-2,4-5,8-9,14H,3,6-7,10-13H2,(H,23,24)/p-1. The van der Waals surface area contributed by atoms with E-state index in [1.54, 1.807) is 0 Å². The molecule has 0 unspecified atom stereocenters. The Morgan fingerprint density at radius 2 is 1.62 bits per heavy atom. The summed E-state index contributed by atoms with van der Waals surface area (Å²) in [6, 6.07) is 14.7. The lowest BCUT2D eigenvalue weighted by molar-refractivity contribution is -0.305. The van der Waals surface area contributed by atoms with E-state index in [0.717, 1.165) is 13.1 Å². The van der Waals surface area contributed by atoms with Gasteiger partial charge in [0.15, 0.2) is 0 Å². The smallest absolute Gasteiger partial charge is 0.222 e. The van der Waals surface area contributed by atoms with Crippen LogP contribution in [0.5, 0.6) is 0 Å². The van der Waals surface area contributed by atoms with Crippen LogP contribution >= 0.6 is 0 Å². The second-order valence-electron chi connectivity index (χ2n) is 6.12. The summed E-state index contributed by atoms with van der Waals surface area (Å²) >= 11 is 0. The van der Waals surface area contributed by atoms with E-state index in [4.69, 9.17) is 0 Å². The van der Waals surface area contributed by atoms with E-state index in [1.165, 1.54) is 16.5 Å². The van der Waals surface area contributed by atoms with Crippen molar-refractivity contribution in [2.45, 2.75) is 19.3 Å². The molecule has 5 nitrogen and oxygen atoms in total. The number of carbonyl (C=O) groups excluding carboxylic acids is 2. The maximum atomic E-state index is 12.1. The van der Waals surface area contributed by atoms with Gasteiger partial charge >= 0.3 is 0 Å². The van der Waals surface area contributed by atoms with Crippen LogP contribution in [-0.4, -0.2) is 43.0 Å². The lowest BCUT2D eigenvalue weighted by atomic mass is 10.1. The van der Waals surface area contributed by atoms with Gasteiger partial charge in [-0.1, -0.05) is 30.3 Å². The molecule has 0 atom stereocenters. The molecular formula is C19H21N2O3-. The molecule has 0 aliphatic carbocycles. The Kier molecular flexibility index (Phi) is 4.99. The zero-order valence-electron chi connectivity index (χ0n) is 13.6. The van der Waals surface area contributed by atoms with Gasteiger partial charge in [-0.25, -0.2) is 0 Å². The van der Waals surface area contributed by atoms with Crippen LogP contribution in [0.3, 0.4) is 0 Å². The number of aliphatic carboxylic acids is 1. The Labute approximate surface area is 141 Å². The maximum absolute atomic E-state index is 12.1. The average Bonchev–Trinajstić information content (AvgIpc) is 2.61. The molecule has 24 heavy (non-hydrogen) atoms. The van der Waals surface area contributed by atoms with E-state index < -0.39 is 5.97 Å². The van der Waals surface area contributed by atoms with Crippen LogP contribution in [-0.2, 0) is 9.59 Å². The zero-order valence-corrected chi connectivity index (χ0v) is 13.6. The van der Waals surface area contributed by atoms with Crippen LogP contribution in [0.1, 0.15) is 19.3 Å². The molecule has 2 aromatic carbocycles. The van der Waals surface area contributed by atoms with E-state index in [2.05, 4.69) is 35.2 Å². The molecule has 1 saturated heterocycles. The predicted molar refractivity (Wildman–Crippen MR) is 91.6 cm³/mol. The number of hydrogen-bond acceptors (Lipinski definition) is 4. The first kappa shape index (κ1) is 16.3. The monoisotopic (exact) mass is 325 g/mol. The van der Waals surface area contributed by atoms with Crippen molar-refractivity contribution in [3.05, 3.63) is 42.5 Å². The van der Waals surface area contributed by atoms with Gasteiger partial charge in [-0.2, -0.15) is 0 Å². The molecule has 0 saturated carbocycles. The fourth-order valence-corrected chi connectivity index (χ4v) is 3.13. The molecule has 0 spiro atoms. The Hall–Kier alpha value is -2.56. The average molecular weight is 325 g/mol. The minimum atomic E-state index is -1.09. The van der Waals surface area contributed by atoms with Crippen LogP contribution in [0, 0.1) is 0 Å². The second kappa shape index (κ2) is 7.34. The number of rotatable bonds is 5. The van der Waals surface area contributed by atoms with Crippen molar-refractivity contribution in [2.75, 3.05) is 31.1 Å². The van der Waals surface area contributed by atoms with Crippen LogP contribution in [0.25, 0.3) is 10.8 Å². The van der Waals surface area contributed by atoms with Gasteiger partial charge in [-0.3, -0.25) is 4.79 Å². The largest absolute Gasteiger partial charge is 0.550 e. The highest BCUT2D eigenvalue weighted by molar-refractivity contribution is 5.86. The summed E-state index contributed by atoms with van der Waals surface area (Å²) < 4.78 is 0. The molecule has 3 rings (SSSR count). The summed E-state index contributed by atoms with van der Waals surface area (Å²) in [4.78, 5) is 26.6. The normalized spacial score (nSPS) is 14.8. The Balaban J connectivity index is 1.56. The van der Waals surface area contributed by atoms with E-state index in [-0.39, 0.29) is 18.7 Å². The number of fused-ring (bicyclic) bond motifs is 1.